The molecule has 0 fully saturated rings. The molecule has 1 amide bonds. The van der Waals surface area contributed by atoms with Crippen molar-refractivity contribution in [3.63, 3.8) is 0 Å². The van der Waals surface area contributed by atoms with Crippen molar-refractivity contribution < 1.29 is 18.1 Å². The van der Waals surface area contributed by atoms with Crippen LogP contribution in [0.15, 0.2) is 71.6 Å². The van der Waals surface area contributed by atoms with Gasteiger partial charge in [-0.3, -0.25) is 19.6 Å². The summed E-state index contributed by atoms with van der Waals surface area (Å²) < 4.78 is 27.6. The lowest BCUT2D eigenvalue weighted by Gasteiger charge is -2.10. The van der Waals surface area contributed by atoms with Crippen LogP contribution in [0.1, 0.15) is 46.8 Å². The monoisotopic (exact) mass is 481 g/mol. The van der Waals surface area contributed by atoms with Gasteiger partial charge in [-0.15, -0.1) is 0 Å². The Bertz CT molecular complexity index is 1290. The van der Waals surface area contributed by atoms with E-state index in [9.17, 15) is 23.3 Å². The van der Waals surface area contributed by atoms with Crippen molar-refractivity contribution in [2.24, 2.45) is 0 Å². The number of hydrogen-bond acceptors (Lipinski definition) is 5. The lowest BCUT2D eigenvalue weighted by Crippen LogP contribution is -2.25. The highest BCUT2D eigenvalue weighted by atomic mass is 32.2. The molecule has 0 atom stereocenters. The number of nitrogens with one attached hydrogen (secondary N) is 2. The van der Waals surface area contributed by atoms with E-state index in [-0.39, 0.29) is 22.2 Å². The Morgan fingerprint density at radius 2 is 1.65 bits per heavy atom. The molecule has 3 aromatic rings. The molecule has 0 bridgehead atoms. The van der Waals surface area contributed by atoms with Crippen LogP contribution < -0.4 is 10.0 Å². The fourth-order valence-corrected chi connectivity index (χ4v) is 4.43. The first-order valence-corrected chi connectivity index (χ1v) is 12.3. The summed E-state index contributed by atoms with van der Waals surface area (Å²) in [5.74, 6) is 0.207. The number of anilines is 1. The van der Waals surface area contributed by atoms with E-state index in [1.807, 2.05) is 0 Å². The number of hydrogen-bond donors (Lipinski definition) is 2. The minimum Gasteiger partial charge on any atom is -0.352 e. The van der Waals surface area contributed by atoms with Crippen LogP contribution in [-0.4, -0.2) is 25.8 Å². The number of nitro groups is 1. The number of sulfonamides is 1. The number of rotatable bonds is 9. The van der Waals surface area contributed by atoms with E-state index in [4.69, 9.17) is 0 Å². The van der Waals surface area contributed by atoms with E-state index in [2.05, 4.69) is 48.2 Å². The summed E-state index contributed by atoms with van der Waals surface area (Å²) in [5, 5.41) is 14.0. The van der Waals surface area contributed by atoms with Crippen molar-refractivity contribution >= 4 is 27.3 Å². The largest absolute Gasteiger partial charge is 0.352 e. The molecule has 9 heteroatoms. The van der Waals surface area contributed by atoms with Crippen molar-refractivity contribution in [3.8, 4) is 0 Å². The zero-order chi connectivity index (χ0) is 24.9. The van der Waals surface area contributed by atoms with Crippen LogP contribution in [0.25, 0.3) is 0 Å². The first kappa shape index (κ1) is 24.9. The van der Waals surface area contributed by atoms with Crippen LogP contribution in [-0.2, 0) is 16.4 Å². The Hall–Kier alpha value is -3.72. The minimum atomic E-state index is -4.03. The molecule has 0 saturated heterocycles. The molecule has 0 radical (unpaired) electrons. The minimum absolute atomic E-state index is 0.215. The Kier molecular flexibility index (Phi) is 7.68. The molecule has 0 aromatic heterocycles. The maximum absolute atomic E-state index is 12.6. The summed E-state index contributed by atoms with van der Waals surface area (Å²) in [7, 11) is -4.03. The number of carbonyl (C=O) groups is 1. The fraction of sp³-hybridized carbons (Fsp3) is 0.240. The van der Waals surface area contributed by atoms with Gasteiger partial charge in [0.05, 0.1) is 9.82 Å². The average molecular weight is 482 g/mol. The van der Waals surface area contributed by atoms with Gasteiger partial charge in [-0.05, 0) is 60.7 Å². The maximum atomic E-state index is 12.6. The Balaban J connectivity index is 1.59. The molecule has 0 heterocycles. The molecule has 0 aliphatic rings. The number of benzene rings is 3. The van der Waals surface area contributed by atoms with Crippen LogP contribution in [0.3, 0.4) is 0 Å². The van der Waals surface area contributed by atoms with Gasteiger partial charge in [0, 0.05) is 29.4 Å². The molecule has 34 heavy (non-hydrogen) atoms. The summed E-state index contributed by atoms with van der Waals surface area (Å²) in [6, 6.07) is 18.0. The molecule has 0 spiro atoms. The molecule has 0 saturated carbocycles. The van der Waals surface area contributed by atoms with Crippen LogP contribution in [0.4, 0.5) is 11.4 Å². The molecule has 3 rings (SSSR count). The van der Waals surface area contributed by atoms with Crippen molar-refractivity contribution in [2.75, 3.05) is 11.3 Å². The van der Waals surface area contributed by atoms with Crippen LogP contribution in [0, 0.1) is 17.0 Å². The second kappa shape index (κ2) is 10.5. The number of amides is 1. The summed E-state index contributed by atoms with van der Waals surface area (Å²) in [4.78, 5) is 22.7. The van der Waals surface area contributed by atoms with E-state index < -0.39 is 14.9 Å². The van der Waals surface area contributed by atoms with Gasteiger partial charge in [0.15, 0.2) is 0 Å². The van der Waals surface area contributed by atoms with Crippen molar-refractivity contribution in [1.29, 1.82) is 0 Å². The molecule has 0 aliphatic heterocycles. The van der Waals surface area contributed by atoms with E-state index in [1.165, 1.54) is 48.9 Å². The predicted molar refractivity (Wildman–Crippen MR) is 132 cm³/mol. The third kappa shape index (κ3) is 6.20. The highest BCUT2D eigenvalue weighted by Crippen LogP contribution is 2.24. The van der Waals surface area contributed by atoms with E-state index in [1.54, 1.807) is 0 Å². The molecular weight excluding hydrogens is 454 g/mol. The molecule has 8 nitrogen and oxygen atoms in total. The lowest BCUT2D eigenvalue weighted by atomic mass is 10.0. The molecule has 0 unspecified atom stereocenters. The second-order valence-electron chi connectivity index (χ2n) is 8.29. The molecule has 0 aliphatic carbocycles. The van der Waals surface area contributed by atoms with Crippen LogP contribution in [0.5, 0.6) is 0 Å². The van der Waals surface area contributed by atoms with Gasteiger partial charge in [0.1, 0.15) is 0 Å². The highest BCUT2D eigenvalue weighted by Gasteiger charge is 2.20. The van der Waals surface area contributed by atoms with Crippen LogP contribution >= 0.6 is 0 Å². The Morgan fingerprint density at radius 3 is 2.24 bits per heavy atom. The van der Waals surface area contributed by atoms with Gasteiger partial charge in [0.25, 0.3) is 21.6 Å². The number of carbonyl (C=O) groups excluding carboxylic acids is 1. The summed E-state index contributed by atoms with van der Waals surface area (Å²) in [5.41, 5.74) is 3.13. The third-order valence-electron chi connectivity index (χ3n) is 5.43. The van der Waals surface area contributed by atoms with Gasteiger partial charge in [-0.2, -0.15) is 0 Å². The SMILES string of the molecule is Cc1ccc(S(=O)(=O)Nc2ccc(C(=O)NCCc3ccc(C(C)C)cc3)cc2)cc1[N+](=O)[O-]. The summed E-state index contributed by atoms with van der Waals surface area (Å²) in [6.07, 6.45) is 0.699. The van der Waals surface area contributed by atoms with E-state index in [0.717, 1.165) is 11.6 Å². The zero-order valence-corrected chi connectivity index (χ0v) is 20.1. The number of aryl methyl sites for hydroxylation is 1. The van der Waals surface area contributed by atoms with Crippen LogP contribution in [0.2, 0.25) is 0 Å². The molecule has 178 valence electrons. The fourth-order valence-electron chi connectivity index (χ4n) is 3.35. The lowest BCUT2D eigenvalue weighted by molar-refractivity contribution is -0.385. The topological polar surface area (TPSA) is 118 Å². The second-order valence-corrected chi connectivity index (χ2v) is 9.97. The highest BCUT2D eigenvalue weighted by molar-refractivity contribution is 7.92. The number of nitrogens with zero attached hydrogens (tertiary/aromatic N) is 1. The summed E-state index contributed by atoms with van der Waals surface area (Å²) >= 11 is 0. The molecular formula is C25H27N3O5S. The smallest absolute Gasteiger partial charge is 0.273 e. The standard InChI is InChI=1S/C25H27N3O5S/c1-17(2)20-7-5-19(6-8-20)14-15-26-25(29)21-9-11-22(12-10-21)27-34(32,33)23-13-4-18(3)24(16-23)28(30)31/h4-13,16-17,27H,14-15H2,1-3H3,(H,26,29). The van der Waals surface area contributed by atoms with Crippen molar-refractivity contribution in [3.05, 3.63) is 99.1 Å². The van der Waals surface area contributed by atoms with Gasteiger partial charge in [-0.25, -0.2) is 8.42 Å². The van der Waals surface area contributed by atoms with Gasteiger partial charge >= 0.3 is 0 Å². The first-order chi connectivity index (χ1) is 16.1. The van der Waals surface area contributed by atoms with Crippen molar-refractivity contribution in [1.82, 2.24) is 5.32 Å². The van der Waals surface area contributed by atoms with Gasteiger partial charge < -0.3 is 5.32 Å². The maximum Gasteiger partial charge on any atom is 0.273 e. The number of nitro benzene ring substituents is 1. The first-order valence-electron chi connectivity index (χ1n) is 10.8. The Morgan fingerprint density at radius 1 is 1.00 bits per heavy atom. The van der Waals surface area contributed by atoms with Crippen molar-refractivity contribution in [2.45, 2.75) is 38.0 Å². The molecule has 2 N–H and O–H groups in total. The zero-order valence-electron chi connectivity index (χ0n) is 19.2. The van der Waals surface area contributed by atoms with Gasteiger partial charge in [0.2, 0.25) is 0 Å². The third-order valence-corrected chi connectivity index (χ3v) is 6.81. The van der Waals surface area contributed by atoms with Gasteiger partial charge in [-0.1, -0.05) is 44.2 Å². The average Bonchev–Trinajstić information content (AvgIpc) is 2.79. The predicted octanol–water partition coefficient (Wildman–Crippen LogP) is 4.80. The quantitative estimate of drug-likeness (QED) is 0.336. The van der Waals surface area contributed by atoms with E-state index >= 15 is 0 Å². The summed E-state index contributed by atoms with van der Waals surface area (Å²) in [6.45, 7) is 6.29. The normalized spacial score (nSPS) is 11.3. The van der Waals surface area contributed by atoms with E-state index in [0.29, 0.717) is 30.0 Å². The molecule has 3 aromatic carbocycles. The Labute approximate surface area is 199 Å².